The average Bonchev–Trinajstić information content (AvgIpc) is 2.71. The van der Waals surface area contributed by atoms with Crippen LogP contribution in [0.4, 0.5) is 0 Å². The minimum absolute atomic E-state index is 0. The molecule has 0 unspecified atom stereocenters. The molecule has 0 saturated heterocycles. The zero-order chi connectivity index (χ0) is 29.4. The second-order valence-electron chi connectivity index (χ2n) is 6.91. The molecule has 0 atom stereocenters. The van der Waals surface area contributed by atoms with E-state index >= 15 is 0 Å². The van der Waals surface area contributed by atoms with Crippen molar-refractivity contribution >= 4 is 23.9 Å². The first-order valence-electron chi connectivity index (χ1n) is 11.7. The van der Waals surface area contributed by atoms with E-state index in [9.17, 15) is 0 Å². The minimum Gasteiger partial charge on any atom is -0.550 e. The Morgan fingerprint density at radius 3 is 1.03 bits per heavy atom. The van der Waals surface area contributed by atoms with Crippen LogP contribution < -0.4 is 20.4 Å². The smallest absolute Gasteiger partial charge is 0.550 e. The van der Waals surface area contributed by atoms with Gasteiger partial charge in [0.05, 0.1) is 25.9 Å². The fourth-order valence-electron chi connectivity index (χ4n) is 1.67. The molecule has 0 aromatic rings. The molecule has 214 valence electrons. The molecule has 0 N–H and O–H groups in total. The molecule has 0 amide bonds. The van der Waals surface area contributed by atoms with Gasteiger partial charge < -0.3 is 53.8 Å². The number of hydrogen-bond donors (Lipinski definition) is 0. The van der Waals surface area contributed by atoms with Crippen LogP contribution in [0.2, 0.25) is 0 Å². The number of unbranched alkanes of at least 4 members (excludes halogenated alkanes) is 3. The van der Waals surface area contributed by atoms with Crippen molar-refractivity contribution in [2.45, 2.75) is 106 Å². The summed E-state index contributed by atoms with van der Waals surface area (Å²) in [4.78, 5) is 35.6. The first-order valence-corrected chi connectivity index (χ1v) is 11.7. The number of carbonyl (C=O) groups excluding carboxylic acids is 4. The van der Waals surface area contributed by atoms with Crippen molar-refractivity contribution in [3.05, 3.63) is 0 Å². The summed E-state index contributed by atoms with van der Waals surface area (Å²) < 4.78 is 17.6. The van der Waals surface area contributed by atoms with Crippen LogP contribution in [0.25, 0.3) is 0 Å². The third-order valence-corrected chi connectivity index (χ3v) is 3.00. The molecular formula is C24H43NO11Zr. The average molecular weight is 613 g/mol. The third-order valence-electron chi connectivity index (χ3n) is 3.00. The van der Waals surface area contributed by atoms with Gasteiger partial charge in [-0.25, -0.2) is 0 Å². The second kappa shape index (κ2) is 38.7. The number of carboxylic acid groups (broad SMARTS) is 4. The van der Waals surface area contributed by atoms with Gasteiger partial charge >= 0.3 is 26.2 Å². The van der Waals surface area contributed by atoms with E-state index in [1.54, 1.807) is 0 Å². The number of hydrogen-bond acceptors (Lipinski definition) is 12. The fraction of sp³-hybridized carbons (Fsp3) is 0.792. The molecule has 0 saturated carbocycles. The quantitative estimate of drug-likeness (QED) is 0.178. The van der Waals surface area contributed by atoms with Gasteiger partial charge in [0.1, 0.15) is 0 Å². The number of ether oxygens (including phenoxy) is 3. The molecule has 0 aromatic carbocycles. The van der Waals surface area contributed by atoms with Crippen LogP contribution in [0, 0.1) is 11.3 Å². The van der Waals surface area contributed by atoms with E-state index in [2.05, 4.69) is 26.8 Å². The van der Waals surface area contributed by atoms with Crippen LogP contribution >= 0.6 is 0 Å². The van der Waals surface area contributed by atoms with Crippen LogP contribution in [0.1, 0.15) is 99.8 Å². The van der Waals surface area contributed by atoms with Crippen LogP contribution in [-0.2, 0) is 59.6 Å². The maximum atomic E-state index is 8.89. The van der Waals surface area contributed by atoms with Crippen molar-refractivity contribution in [2.24, 2.45) is 0 Å². The molecular weight excluding hydrogens is 569 g/mol. The molecule has 0 radical (unpaired) electrons. The van der Waals surface area contributed by atoms with Crippen molar-refractivity contribution < 1.29 is 80.0 Å². The van der Waals surface area contributed by atoms with E-state index < -0.39 is 29.9 Å². The van der Waals surface area contributed by atoms with Gasteiger partial charge in [0.2, 0.25) is 0 Å². The molecule has 0 fully saturated rings. The molecule has 0 rings (SSSR count). The number of nitriles is 1. The Labute approximate surface area is 240 Å². The molecule has 0 aliphatic carbocycles. The summed E-state index contributed by atoms with van der Waals surface area (Å²) >= 11 is 0. The summed E-state index contributed by atoms with van der Waals surface area (Å²) in [7, 11) is 0. The standard InChI is InChI=1S/C16H31NO3.4C2H4O2.Zr/c1-4-7-13-18-16(11-10-12-17,19-14-8-5-2)20-15-9-6-3;4*1-2(3)4;/h4-11,13-15H2,1-3H3;4*1H3,(H,3,4);/q;;;;;+4/p-4. The Kier molecular flexibility index (Phi) is 50.4. The molecule has 12 nitrogen and oxygen atoms in total. The predicted molar refractivity (Wildman–Crippen MR) is 123 cm³/mol. The summed E-state index contributed by atoms with van der Waals surface area (Å²) in [6.07, 6.45) is 6.98. The van der Waals surface area contributed by atoms with E-state index in [1.807, 2.05) is 0 Å². The maximum Gasteiger partial charge on any atom is 4.00 e. The van der Waals surface area contributed by atoms with Crippen molar-refractivity contribution in [2.75, 3.05) is 19.8 Å². The summed E-state index contributed by atoms with van der Waals surface area (Å²) in [6, 6.07) is 2.15. The Bertz CT molecular complexity index is 491. The van der Waals surface area contributed by atoms with Crippen molar-refractivity contribution in [3.63, 3.8) is 0 Å². The van der Waals surface area contributed by atoms with Crippen molar-refractivity contribution in [1.82, 2.24) is 0 Å². The molecule has 0 heterocycles. The van der Waals surface area contributed by atoms with Gasteiger partial charge in [-0.05, 0) is 47.0 Å². The summed E-state index contributed by atoms with van der Waals surface area (Å²) in [6.45, 7) is 12.1. The minimum atomic E-state index is -1.08. The van der Waals surface area contributed by atoms with Crippen LogP contribution in [-0.4, -0.2) is 49.7 Å². The number of rotatable bonds is 14. The summed E-state index contributed by atoms with van der Waals surface area (Å²) in [5, 5.41) is 44.4. The Hall–Kier alpha value is -1.87. The van der Waals surface area contributed by atoms with E-state index in [1.165, 1.54) is 0 Å². The van der Waals surface area contributed by atoms with E-state index in [0.29, 0.717) is 32.7 Å². The molecule has 0 bridgehead atoms. The van der Waals surface area contributed by atoms with Crippen LogP contribution in [0.3, 0.4) is 0 Å². The summed E-state index contributed by atoms with van der Waals surface area (Å²) in [5.74, 6) is -5.35. The van der Waals surface area contributed by atoms with Crippen molar-refractivity contribution in [3.8, 4) is 6.07 Å². The van der Waals surface area contributed by atoms with E-state index in [4.69, 9.17) is 59.1 Å². The Morgan fingerprint density at radius 2 is 0.865 bits per heavy atom. The second-order valence-corrected chi connectivity index (χ2v) is 6.91. The zero-order valence-corrected chi connectivity index (χ0v) is 25.7. The molecule has 0 spiro atoms. The summed E-state index contributed by atoms with van der Waals surface area (Å²) in [5.41, 5.74) is 0. The van der Waals surface area contributed by atoms with Gasteiger partial charge in [0, 0.05) is 36.7 Å². The topological polar surface area (TPSA) is 212 Å². The van der Waals surface area contributed by atoms with E-state index in [-0.39, 0.29) is 26.2 Å². The molecule has 13 heteroatoms. The SMILES string of the molecule is CC(=O)[O-].CC(=O)[O-].CC(=O)[O-].CC(=O)[O-].CCCCOC(CCC#N)(OCCCC)OCCCC.[Zr+4]. The monoisotopic (exact) mass is 611 g/mol. The van der Waals surface area contributed by atoms with E-state index in [0.717, 1.165) is 66.2 Å². The predicted octanol–water partition coefficient (Wildman–Crippen LogP) is -0.584. The van der Waals surface area contributed by atoms with Crippen LogP contribution in [0.5, 0.6) is 0 Å². The first-order chi connectivity index (χ1) is 16.7. The maximum absolute atomic E-state index is 8.89. The zero-order valence-electron chi connectivity index (χ0n) is 23.2. The number of carbonyl (C=O) groups is 4. The number of nitrogens with zero attached hydrogens (tertiary/aromatic N) is 1. The van der Waals surface area contributed by atoms with Gasteiger partial charge in [-0.3, -0.25) is 0 Å². The van der Waals surface area contributed by atoms with Gasteiger partial charge in [-0.2, -0.15) is 5.26 Å². The largest absolute Gasteiger partial charge is 4.00 e. The molecule has 37 heavy (non-hydrogen) atoms. The van der Waals surface area contributed by atoms with Crippen LogP contribution in [0.15, 0.2) is 0 Å². The van der Waals surface area contributed by atoms with Gasteiger partial charge in [-0.15, -0.1) is 0 Å². The molecule has 0 aliphatic heterocycles. The van der Waals surface area contributed by atoms with Gasteiger partial charge in [-0.1, -0.05) is 40.0 Å². The molecule has 0 aliphatic rings. The molecule has 0 aromatic heterocycles. The Morgan fingerprint density at radius 1 is 0.649 bits per heavy atom. The van der Waals surface area contributed by atoms with Gasteiger partial charge in [0.25, 0.3) is 5.97 Å². The Balaban J connectivity index is -0.000000115. The first kappa shape index (κ1) is 48.2. The van der Waals surface area contributed by atoms with Crippen molar-refractivity contribution in [1.29, 1.82) is 5.26 Å². The number of aliphatic carboxylic acids is 4. The third kappa shape index (κ3) is 78.9. The fourth-order valence-corrected chi connectivity index (χ4v) is 1.67. The normalized spacial score (nSPS) is 8.92. The number of carboxylic acids is 4. The van der Waals surface area contributed by atoms with Gasteiger partial charge in [0.15, 0.2) is 0 Å².